The number of benzene rings is 1. The number of rotatable bonds is 6. The van der Waals surface area contributed by atoms with Gasteiger partial charge in [-0.15, -0.1) is 0 Å². The highest BCUT2D eigenvalue weighted by atomic mass is 16.5. The van der Waals surface area contributed by atoms with E-state index in [1.54, 1.807) is 18.2 Å². The molecule has 1 fully saturated rings. The molecule has 0 bridgehead atoms. The van der Waals surface area contributed by atoms with E-state index in [-0.39, 0.29) is 6.61 Å². The summed E-state index contributed by atoms with van der Waals surface area (Å²) in [6.45, 7) is 0.344. The molecule has 1 aliphatic rings. The zero-order valence-electron chi connectivity index (χ0n) is 8.89. The van der Waals surface area contributed by atoms with Gasteiger partial charge in [-0.1, -0.05) is 12.1 Å². The molecule has 0 heterocycles. The Hall–Kier alpha value is -1.71. The van der Waals surface area contributed by atoms with Gasteiger partial charge in [-0.05, 0) is 30.9 Å². The normalized spacial score (nSPS) is 14.5. The minimum atomic E-state index is -0.989. The van der Waals surface area contributed by atoms with E-state index in [0.29, 0.717) is 24.0 Å². The molecule has 0 saturated heterocycles. The maximum absolute atomic E-state index is 10.4. The second kappa shape index (κ2) is 4.88. The number of hydrogen-bond acceptors (Lipinski definition) is 3. The van der Waals surface area contributed by atoms with Crippen molar-refractivity contribution in [3.63, 3.8) is 0 Å². The lowest BCUT2D eigenvalue weighted by Crippen LogP contribution is -2.10. The zero-order chi connectivity index (χ0) is 11.4. The molecule has 0 aliphatic heterocycles. The number of carboxylic acid groups (broad SMARTS) is 1. The third-order valence-electron chi connectivity index (χ3n) is 2.37. The molecule has 0 spiro atoms. The van der Waals surface area contributed by atoms with E-state index in [0.717, 1.165) is 0 Å². The Bertz CT molecular complexity index is 371. The van der Waals surface area contributed by atoms with Crippen molar-refractivity contribution < 1.29 is 19.4 Å². The first-order valence-corrected chi connectivity index (χ1v) is 5.32. The van der Waals surface area contributed by atoms with Crippen molar-refractivity contribution in [2.45, 2.75) is 12.8 Å². The number of ether oxygens (including phenoxy) is 2. The van der Waals surface area contributed by atoms with Crippen molar-refractivity contribution in [1.82, 2.24) is 0 Å². The monoisotopic (exact) mass is 222 g/mol. The van der Waals surface area contributed by atoms with Crippen molar-refractivity contribution in [1.29, 1.82) is 0 Å². The molecule has 1 N–H and O–H groups in total. The molecule has 4 heteroatoms. The van der Waals surface area contributed by atoms with Gasteiger partial charge in [0.1, 0.15) is 0 Å². The van der Waals surface area contributed by atoms with Crippen LogP contribution < -0.4 is 9.47 Å². The summed E-state index contributed by atoms with van der Waals surface area (Å²) >= 11 is 0. The van der Waals surface area contributed by atoms with Gasteiger partial charge < -0.3 is 14.6 Å². The third kappa shape index (κ3) is 3.15. The average Bonchev–Trinajstić information content (AvgIpc) is 3.08. The van der Waals surface area contributed by atoms with Gasteiger partial charge in [-0.25, -0.2) is 4.79 Å². The van der Waals surface area contributed by atoms with Crippen molar-refractivity contribution in [2.75, 3.05) is 13.2 Å². The van der Waals surface area contributed by atoms with Crippen molar-refractivity contribution in [3.05, 3.63) is 24.3 Å². The van der Waals surface area contributed by atoms with Crippen LogP contribution in [0, 0.1) is 5.92 Å². The lowest BCUT2D eigenvalue weighted by molar-refractivity contribution is -0.139. The topological polar surface area (TPSA) is 55.8 Å². The molecule has 16 heavy (non-hydrogen) atoms. The smallest absolute Gasteiger partial charge is 0.341 e. The van der Waals surface area contributed by atoms with Crippen LogP contribution in [0.4, 0.5) is 0 Å². The lowest BCUT2D eigenvalue weighted by Gasteiger charge is -2.10. The lowest BCUT2D eigenvalue weighted by atomic mass is 10.3. The summed E-state index contributed by atoms with van der Waals surface area (Å²) < 4.78 is 10.7. The third-order valence-corrected chi connectivity index (χ3v) is 2.37. The second-order valence-corrected chi connectivity index (χ2v) is 3.88. The molecule has 0 unspecified atom stereocenters. The van der Waals surface area contributed by atoms with Crippen LogP contribution in [0.25, 0.3) is 0 Å². The van der Waals surface area contributed by atoms with Gasteiger partial charge >= 0.3 is 5.97 Å². The SMILES string of the molecule is O=C(O)COc1ccccc1OCC1CC1. The minimum absolute atomic E-state index is 0.343. The molecule has 1 aliphatic carbocycles. The largest absolute Gasteiger partial charge is 0.489 e. The van der Waals surface area contributed by atoms with Crippen LogP contribution in [-0.4, -0.2) is 24.3 Å². The van der Waals surface area contributed by atoms with E-state index < -0.39 is 5.97 Å². The number of aliphatic carboxylic acids is 1. The van der Waals surface area contributed by atoms with E-state index >= 15 is 0 Å². The van der Waals surface area contributed by atoms with Crippen molar-refractivity contribution in [2.24, 2.45) is 5.92 Å². The summed E-state index contributed by atoms with van der Waals surface area (Å²) in [5, 5.41) is 8.53. The molecular weight excluding hydrogens is 208 g/mol. The zero-order valence-corrected chi connectivity index (χ0v) is 8.89. The first-order chi connectivity index (χ1) is 7.75. The van der Waals surface area contributed by atoms with Crippen LogP contribution in [0.2, 0.25) is 0 Å². The predicted octanol–water partition coefficient (Wildman–Crippen LogP) is 1.94. The average molecular weight is 222 g/mol. The van der Waals surface area contributed by atoms with E-state index in [2.05, 4.69) is 0 Å². The van der Waals surface area contributed by atoms with Gasteiger partial charge in [-0.3, -0.25) is 0 Å². The highest BCUT2D eigenvalue weighted by molar-refractivity contribution is 5.68. The molecule has 0 atom stereocenters. The Morgan fingerprint density at radius 3 is 2.44 bits per heavy atom. The number of carbonyl (C=O) groups is 1. The Morgan fingerprint density at radius 1 is 1.25 bits per heavy atom. The molecule has 2 rings (SSSR count). The van der Waals surface area contributed by atoms with Crippen molar-refractivity contribution >= 4 is 5.97 Å². The number of carboxylic acids is 1. The predicted molar refractivity (Wildman–Crippen MR) is 57.8 cm³/mol. The Kier molecular flexibility index (Phi) is 3.29. The molecule has 1 saturated carbocycles. The van der Waals surface area contributed by atoms with Gasteiger partial charge in [0.15, 0.2) is 18.1 Å². The van der Waals surface area contributed by atoms with Crippen LogP contribution >= 0.6 is 0 Å². The quantitative estimate of drug-likeness (QED) is 0.799. The molecule has 0 radical (unpaired) electrons. The Morgan fingerprint density at radius 2 is 1.88 bits per heavy atom. The summed E-state index contributed by atoms with van der Waals surface area (Å²) in [7, 11) is 0. The molecule has 1 aromatic carbocycles. The number of hydrogen-bond donors (Lipinski definition) is 1. The molecule has 86 valence electrons. The molecule has 1 aromatic rings. The summed E-state index contributed by atoms with van der Waals surface area (Å²) in [6.07, 6.45) is 2.44. The van der Waals surface area contributed by atoms with E-state index in [1.165, 1.54) is 12.8 Å². The van der Waals surface area contributed by atoms with Gasteiger partial charge in [-0.2, -0.15) is 0 Å². The van der Waals surface area contributed by atoms with Gasteiger partial charge in [0.25, 0.3) is 0 Å². The van der Waals surface area contributed by atoms with E-state index in [4.69, 9.17) is 14.6 Å². The second-order valence-electron chi connectivity index (χ2n) is 3.88. The molecular formula is C12H14O4. The first kappa shape index (κ1) is 10.8. The fourth-order valence-electron chi connectivity index (χ4n) is 1.32. The van der Waals surface area contributed by atoms with Gasteiger partial charge in [0, 0.05) is 0 Å². The number of para-hydroxylation sites is 2. The standard InChI is InChI=1S/C12H14O4/c13-12(14)8-16-11-4-2-1-3-10(11)15-7-9-5-6-9/h1-4,9H,5-8H2,(H,13,14). The maximum atomic E-state index is 10.4. The molecule has 0 amide bonds. The minimum Gasteiger partial charge on any atom is -0.489 e. The van der Waals surface area contributed by atoms with Crippen LogP contribution in [0.3, 0.4) is 0 Å². The van der Waals surface area contributed by atoms with Crippen LogP contribution in [0.15, 0.2) is 24.3 Å². The first-order valence-electron chi connectivity index (χ1n) is 5.32. The van der Waals surface area contributed by atoms with Crippen molar-refractivity contribution in [3.8, 4) is 11.5 Å². The Labute approximate surface area is 93.8 Å². The molecule has 4 nitrogen and oxygen atoms in total. The highest BCUT2D eigenvalue weighted by Crippen LogP contribution is 2.32. The van der Waals surface area contributed by atoms with E-state index in [1.807, 2.05) is 6.07 Å². The summed E-state index contributed by atoms with van der Waals surface area (Å²) in [5.74, 6) is 0.783. The highest BCUT2D eigenvalue weighted by Gasteiger charge is 2.22. The molecule has 0 aromatic heterocycles. The Balaban J connectivity index is 1.94. The summed E-state index contributed by atoms with van der Waals surface area (Å²) in [4.78, 5) is 10.4. The van der Waals surface area contributed by atoms with Crippen LogP contribution in [0.5, 0.6) is 11.5 Å². The summed E-state index contributed by atoms with van der Waals surface area (Å²) in [6, 6.07) is 7.14. The maximum Gasteiger partial charge on any atom is 0.341 e. The summed E-state index contributed by atoms with van der Waals surface area (Å²) in [5.41, 5.74) is 0. The van der Waals surface area contributed by atoms with Crippen LogP contribution in [0.1, 0.15) is 12.8 Å². The fraction of sp³-hybridized carbons (Fsp3) is 0.417. The van der Waals surface area contributed by atoms with E-state index in [9.17, 15) is 4.79 Å². The van der Waals surface area contributed by atoms with Gasteiger partial charge in [0.2, 0.25) is 0 Å². The van der Waals surface area contributed by atoms with Gasteiger partial charge in [0.05, 0.1) is 6.61 Å². The fourth-order valence-corrected chi connectivity index (χ4v) is 1.32. The van der Waals surface area contributed by atoms with Crippen LogP contribution in [-0.2, 0) is 4.79 Å².